The van der Waals surface area contributed by atoms with Gasteiger partial charge in [-0.05, 0) is 44.2 Å². The maximum Gasteiger partial charge on any atom is 0.193 e. The molecule has 134 valence electrons. The van der Waals surface area contributed by atoms with Crippen LogP contribution in [0.15, 0.2) is 60.7 Å². The molecule has 0 saturated heterocycles. The number of hydrogen-bond acceptors (Lipinski definition) is 4. The van der Waals surface area contributed by atoms with Crippen molar-refractivity contribution >= 4 is 5.78 Å². The molecule has 0 saturated carbocycles. The van der Waals surface area contributed by atoms with Gasteiger partial charge in [-0.25, -0.2) is 0 Å². The molecular weight excluding hydrogens is 328 g/mol. The van der Waals surface area contributed by atoms with Crippen molar-refractivity contribution in [1.29, 1.82) is 0 Å². The number of aromatic nitrogens is 2. The number of aliphatic hydroxyl groups excluding tert-OH is 1. The summed E-state index contributed by atoms with van der Waals surface area (Å²) in [5.74, 6) is 0.587. The van der Waals surface area contributed by atoms with Crippen LogP contribution in [0.2, 0.25) is 0 Å². The smallest absolute Gasteiger partial charge is 0.193 e. The molecule has 3 aromatic rings. The van der Waals surface area contributed by atoms with E-state index in [0.29, 0.717) is 23.4 Å². The number of aliphatic hydroxyl groups is 1. The van der Waals surface area contributed by atoms with E-state index in [0.717, 1.165) is 11.4 Å². The van der Waals surface area contributed by atoms with E-state index in [1.54, 1.807) is 41.1 Å². The Hall–Kier alpha value is -2.92. The van der Waals surface area contributed by atoms with Crippen molar-refractivity contribution in [3.63, 3.8) is 0 Å². The summed E-state index contributed by atoms with van der Waals surface area (Å²) in [7, 11) is 0. The molecule has 1 aromatic heterocycles. The van der Waals surface area contributed by atoms with E-state index >= 15 is 0 Å². The molecule has 0 fully saturated rings. The van der Waals surface area contributed by atoms with Crippen molar-refractivity contribution in [1.82, 2.24) is 9.78 Å². The van der Waals surface area contributed by atoms with Crippen LogP contribution in [0, 0.1) is 13.8 Å². The number of nitrogens with zero attached hydrogens (tertiary/aromatic N) is 2. The highest BCUT2D eigenvalue weighted by Gasteiger charge is 2.11. The summed E-state index contributed by atoms with van der Waals surface area (Å²) >= 11 is 0. The van der Waals surface area contributed by atoms with Crippen LogP contribution in [0.4, 0.5) is 0 Å². The van der Waals surface area contributed by atoms with Crippen molar-refractivity contribution < 1.29 is 14.6 Å². The SMILES string of the molecule is Cc1cc(C)n(C[C@H](O)COc2ccc(C(=O)c3ccccc3)cc2)n1. The third kappa shape index (κ3) is 4.37. The average Bonchev–Trinajstić information content (AvgIpc) is 2.97. The molecule has 1 heterocycles. The number of hydrogen-bond donors (Lipinski definition) is 1. The van der Waals surface area contributed by atoms with Crippen molar-refractivity contribution in [3.05, 3.63) is 83.2 Å². The second-order valence-electron chi connectivity index (χ2n) is 6.29. The van der Waals surface area contributed by atoms with E-state index in [1.165, 1.54) is 0 Å². The molecule has 1 atom stereocenters. The summed E-state index contributed by atoms with van der Waals surface area (Å²) in [5, 5.41) is 14.5. The van der Waals surface area contributed by atoms with E-state index in [2.05, 4.69) is 5.10 Å². The summed E-state index contributed by atoms with van der Waals surface area (Å²) in [6.07, 6.45) is -0.668. The second-order valence-corrected chi connectivity index (χ2v) is 6.29. The molecule has 1 N–H and O–H groups in total. The van der Waals surface area contributed by atoms with Crippen molar-refractivity contribution in [2.24, 2.45) is 0 Å². The van der Waals surface area contributed by atoms with Gasteiger partial charge in [0.1, 0.15) is 18.5 Å². The first-order valence-corrected chi connectivity index (χ1v) is 8.54. The van der Waals surface area contributed by atoms with E-state index in [1.807, 2.05) is 38.1 Å². The maximum absolute atomic E-state index is 12.4. The van der Waals surface area contributed by atoms with Gasteiger partial charge in [0.25, 0.3) is 0 Å². The Kier molecular flexibility index (Phi) is 5.49. The number of rotatable bonds is 7. The molecule has 0 radical (unpaired) electrons. The van der Waals surface area contributed by atoms with Gasteiger partial charge in [0.15, 0.2) is 5.78 Å². The first-order chi connectivity index (χ1) is 12.5. The van der Waals surface area contributed by atoms with E-state index in [4.69, 9.17) is 4.74 Å². The highest BCUT2D eigenvalue weighted by molar-refractivity contribution is 6.08. The second kappa shape index (κ2) is 7.97. The molecule has 0 spiro atoms. The zero-order valence-electron chi connectivity index (χ0n) is 14.9. The fourth-order valence-electron chi connectivity index (χ4n) is 2.76. The number of carbonyl (C=O) groups excluding carboxylic acids is 1. The van der Waals surface area contributed by atoms with Gasteiger partial charge in [0.2, 0.25) is 0 Å². The molecule has 0 amide bonds. The van der Waals surface area contributed by atoms with Crippen molar-refractivity contribution in [2.45, 2.75) is 26.5 Å². The van der Waals surface area contributed by atoms with Crippen LogP contribution in [-0.4, -0.2) is 33.4 Å². The molecule has 0 aliphatic rings. The Morgan fingerprint density at radius 3 is 2.35 bits per heavy atom. The fraction of sp³-hybridized carbons (Fsp3) is 0.238. The summed E-state index contributed by atoms with van der Waals surface area (Å²) in [5.41, 5.74) is 3.19. The quantitative estimate of drug-likeness (QED) is 0.665. The number of ketones is 1. The lowest BCUT2D eigenvalue weighted by Crippen LogP contribution is -2.24. The molecule has 0 aliphatic heterocycles. The number of ether oxygens (including phenoxy) is 1. The Morgan fingerprint density at radius 1 is 1.08 bits per heavy atom. The molecule has 3 rings (SSSR count). The largest absolute Gasteiger partial charge is 0.491 e. The van der Waals surface area contributed by atoms with Gasteiger partial charge < -0.3 is 9.84 Å². The first kappa shape index (κ1) is 17.9. The van der Waals surface area contributed by atoms with E-state index in [9.17, 15) is 9.90 Å². The molecule has 0 bridgehead atoms. The molecule has 0 unspecified atom stereocenters. The maximum atomic E-state index is 12.4. The molecule has 26 heavy (non-hydrogen) atoms. The highest BCUT2D eigenvalue weighted by Crippen LogP contribution is 2.16. The minimum absolute atomic E-state index is 0.0262. The van der Waals surface area contributed by atoms with E-state index < -0.39 is 6.10 Å². The van der Waals surface area contributed by atoms with Crippen molar-refractivity contribution in [3.8, 4) is 5.75 Å². The standard InChI is InChI=1S/C21H22N2O3/c1-15-12-16(2)23(22-15)13-19(24)14-26-20-10-8-18(9-11-20)21(25)17-6-4-3-5-7-17/h3-12,19,24H,13-14H2,1-2H3/t19-/m0/s1. The Morgan fingerprint density at radius 2 is 1.73 bits per heavy atom. The minimum atomic E-state index is -0.668. The van der Waals surface area contributed by atoms with Crippen LogP contribution in [0.1, 0.15) is 27.3 Å². The lowest BCUT2D eigenvalue weighted by molar-refractivity contribution is 0.0886. The monoisotopic (exact) mass is 350 g/mol. The van der Waals surface area contributed by atoms with Crippen LogP contribution < -0.4 is 4.74 Å². The minimum Gasteiger partial charge on any atom is -0.491 e. The molecule has 5 nitrogen and oxygen atoms in total. The summed E-state index contributed by atoms with van der Waals surface area (Å²) in [6.45, 7) is 4.41. The number of carbonyl (C=O) groups is 1. The van der Waals surface area contributed by atoms with Crippen LogP contribution in [0.3, 0.4) is 0 Å². The zero-order valence-corrected chi connectivity index (χ0v) is 14.9. The van der Waals surface area contributed by atoms with Gasteiger partial charge in [0, 0.05) is 16.8 Å². The Balaban J connectivity index is 1.56. The van der Waals surface area contributed by atoms with Gasteiger partial charge in [-0.3, -0.25) is 9.48 Å². The molecular formula is C21H22N2O3. The predicted octanol–water partition coefficient (Wildman–Crippen LogP) is 3.17. The lowest BCUT2D eigenvalue weighted by Gasteiger charge is -2.13. The summed E-state index contributed by atoms with van der Waals surface area (Å²) < 4.78 is 7.39. The number of benzene rings is 2. The third-order valence-electron chi connectivity index (χ3n) is 4.08. The van der Waals surface area contributed by atoms with Gasteiger partial charge >= 0.3 is 0 Å². The van der Waals surface area contributed by atoms with Crippen LogP contribution in [0.25, 0.3) is 0 Å². The molecule has 2 aromatic carbocycles. The summed E-state index contributed by atoms with van der Waals surface area (Å²) in [6, 6.07) is 18.1. The van der Waals surface area contributed by atoms with E-state index in [-0.39, 0.29) is 12.4 Å². The molecule has 0 aliphatic carbocycles. The molecule has 5 heteroatoms. The highest BCUT2D eigenvalue weighted by atomic mass is 16.5. The zero-order chi connectivity index (χ0) is 18.5. The Labute approximate surface area is 152 Å². The average molecular weight is 350 g/mol. The van der Waals surface area contributed by atoms with Gasteiger partial charge in [-0.15, -0.1) is 0 Å². The van der Waals surface area contributed by atoms with Crippen LogP contribution in [-0.2, 0) is 6.54 Å². The summed E-state index contributed by atoms with van der Waals surface area (Å²) in [4.78, 5) is 12.4. The first-order valence-electron chi connectivity index (χ1n) is 8.54. The number of aryl methyl sites for hydroxylation is 2. The van der Waals surface area contributed by atoms with Crippen molar-refractivity contribution in [2.75, 3.05) is 6.61 Å². The third-order valence-corrected chi connectivity index (χ3v) is 4.08. The Bertz CT molecular complexity index is 870. The lowest BCUT2D eigenvalue weighted by atomic mass is 10.0. The van der Waals surface area contributed by atoms with Crippen LogP contribution >= 0.6 is 0 Å². The van der Waals surface area contributed by atoms with Crippen LogP contribution in [0.5, 0.6) is 5.75 Å². The topological polar surface area (TPSA) is 64.3 Å². The predicted molar refractivity (Wildman–Crippen MR) is 99.5 cm³/mol. The van der Waals surface area contributed by atoms with Gasteiger partial charge in [-0.2, -0.15) is 5.10 Å². The normalized spacial score (nSPS) is 12.0. The van der Waals surface area contributed by atoms with Gasteiger partial charge in [0.05, 0.1) is 12.2 Å². The van der Waals surface area contributed by atoms with Gasteiger partial charge in [-0.1, -0.05) is 30.3 Å². The fourth-order valence-corrected chi connectivity index (χ4v) is 2.76.